The molecule has 0 radical (unpaired) electrons. The van der Waals surface area contributed by atoms with Crippen LogP contribution < -0.4 is 4.90 Å². The maximum atomic E-state index is 14.0. The second kappa shape index (κ2) is 7.20. The minimum absolute atomic E-state index is 0.159. The van der Waals surface area contributed by atoms with Crippen LogP contribution in [0.1, 0.15) is 49.4 Å². The van der Waals surface area contributed by atoms with Crippen LogP contribution in [0.5, 0.6) is 0 Å². The Hall–Kier alpha value is -1.85. The first kappa shape index (κ1) is 18.2. The lowest BCUT2D eigenvalue weighted by Gasteiger charge is -2.38. The van der Waals surface area contributed by atoms with E-state index >= 15 is 0 Å². The predicted octanol–water partition coefficient (Wildman–Crippen LogP) is 6.09. The maximum Gasteiger partial charge on any atom is 0.224 e. The molecule has 1 aliphatic carbocycles. The highest BCUT2D eigenvalue weighted by Crippen LogP contribution is 2.43. The van der Waals surface area contributed by atoms with Crippen LogP contribution >= 0.6 is 23.2 Å². The van der Waals surface area contributed by atoms with Gasteiger partial charge < -0.3 is 9.88 Å². The van der Waals surface area contributed by atoms with Gasteiger partial charge in [-0.3, -0.25) is 0 Å². The Morgan fingerprint density at radius 3 is 2.82 bits per heavy atom. The SMILES string of the molecule is Fc1cc2[nH]c3c(c2cc1Cl)CCN(c1ccnc(Cl)n1)C3CC1CCCC1. The fraction of sp³-hybridized carbons (Fsp3) is 0.429. The van der Waals surface area contributed by atoms with Gasteiger partial charge in [0.25, 0.3) is 0 Å². The Bertz CT molecular complexity index is 1030. The molecule has 146 valence electrons. The zero-order valence-corrected chi connectivity index (χ0v) is 16.9. The lowest BCUT2D eigenvalue weighted by molar-refractivity contribution is 0.414. The summed E-state index contributed by atoms with van der Waals surface area (Å²) in [5, 5.41) is 1.46. The molecule has 0 bridgehead atoms. The fourth-order valence-corrected chi connectivity index (χ4v) is 5.24. The lowest BCUT2D eigenvalue weighted by atomic mass is 9.89. The maximum absolute atomic E-state index is 14.0. The van der Waals surface area contributed by atoms with Crippen LogP contribution in [-0.4, -0.2) is 21.5 Å². The van der Waals surface area contributed by atoms with Crippen molar-refractivity contribution in [3.8, 4) is 0 Å². The molecule has 2 aliphatic rings. The average molecular weight is 419 g/mol. The van der Waals surface area contributed by atoms with E-state index in [0.29, 0.717) is 5.92 Å². The molecule has 1 atom stereocenters. The molecule has 1 aromatic carbocycles. The van der Waals surface area contributed by atoms with Gasteiger partial charge in [0.2, 0.25) is 5.28 Å². The third kappa shape index (κ3) is 3.15. The molecule has 1 aliphatic heterocycles. The van der Waals surface area contributed by atoms with Crippen LogP contribution in [0, 0.1) is 11.7 Å². The summed E-state index contributed by atoms with van der Waals surface area (Å²) in [6, 6.07) is 5.34. The van der Waals surface area contributed by atoms with E-state index in [1.54, 1.807) is 12.3 Å². The van der Waals surface area contributed by atoms with Gasteiger partial charge >= 0.3 is 0 Å². The summed E-state index contributed by atoms with van der Waals surface area (Å²) < 4.78 is 14.0. The number of H-pyrrole nitrogens is 1. The monoisotopic (exact) mass is 418 g/mol. The highest BCUT2D eigenvalue weighted by atomic mass is 35.5. The summed E-state index contributed by atoms with van der Waals surface area (Å²) in [6.45, 7) is 0.833. The average Bonchev–Trinajstić information content (AvgIpc) is 3.30. The summed E-state index contributed by atoms with van der Waals surface area (Å²) >= 11 is 12.1. The predicted molar refractivity (Wildman–Crippen MR) is 111 cm³/mol. The smallest absolute Gasteiger partial charge is 0.224 e. The van der Waals surface area contributed by atoms with Crippen molar-refractivity contribution in [2.75, 3.05) is 11.4 Å². The van der Waals surface area contributed by atoms with Crippen LogP contribution in [-0.2, 0) is 6.42 Å². The van der Waals surface area contributed by atoms with Gasteiger partial charge in [-0.05, 0) is 54.1 Å². The highest BCUT2D eigenvalue weighted by molar-refractivity contribution is 6.31. The quantitative estimate of drug-likeness (QED) is 0.523. The minimum Gasteiger partial charge on any atom is -0.356 e. The van der Waals surface area contributed by atoms with Crippen LogP contribution in [0.15, 0.2) is 24.4 Å². The lowest BCUT2D eigenvalue weighted by Crippen LogP contribution is -2.37. The van der Waals surface area contributed by atoms with Crippen molar-refractivity contribution in [1.29, 1.82) is 0 Å². The molecular formula is C21H21Cl2FN4. The first-order chi connectivity index (χ1) is 13.6. The van der Waals surface area contributed by atoms with E-state index in [9.17, 15) is 4.39 Å². The molecule has 1 unspecified atom stereocenters. The number of halogens is 3. The normalized spacial score (nSPS) is 20.1. The zero-order chi connectivity index (χ0) is 19.3. The second-order valence-corrected chi connectivity index (χ2v) is 8.60. The number of hydrogen-bond donors (Lipinski definition) is 1. The van der Waals surface area contributed by atoms with Crippen molar-refractivity contribution in [1.82, 2.24) is 15.0 Å². The van der Waals surface area contributed by atoms with Crippen molar-refractivity contribution >= 4 is 39.9 Å². The summed E-state index contributed by atoms with van der Waals surface area (Å²) in [6.07, 6.45) is 8.74. The topological polar surface area (TPSA) is 44.8 Å². The minimum atomic E-state index is -0.389. The number of aromatic amines is 1. The van der Waals surface area contributed by atoms with Gasteiger partial charge in [0.05, 0.1) is 11.1 Å². The van der Waals surface area contributed by atoms with Crippen LogP contribution in [0.3, 0.4) is 0 Å². The first-order valence-electron chi connectivity index (χ1n) is 9.85. The highest BCUT2D eigenvalue weighted by Gasteiger charge is 2.34. The molecule has 5 rings (SSSR count). The van der Waals surface area contributed by atoms with Gasteiger partial charge in [-0.15, -0.1) is 0 Å². The molecule has 0 amide bonds. The number of rotatable bonds is 3. The van der Waals surface area contributed by atoms with Gasteiger partial charge in [-0.25, -0.2) is 14.4 Å². The van der Waals surface area contributed by atoms with E-state index in [0.717, 1.165) is 41.8 Å². The molecule has 1 fully saturated rings. The number of anilines is 1. The van der Waals surface area contributed by atoms with Crippen LogP contribution in [0.4, 0.5) is 10.2 Å². The number of benzene rings is 1. The van der Waals surface area contributed by atoms with E-state index in [4.69, 9.17) is 23.2 Å². The summed E-state index contributed by atoms with van der Waals surface area (Å²) in [7, 11) is 0. The number of nitrogens with zero attached hydrogens (tertiary/aromatic N) is 3. The van der Waals surface area contributed by atoms with Gasteiger partial charge in [-0.2, -0.15) is 0 Å². The summed E-state index contributed by atoms with van der Waals surface area (Å²) in [5.41, 5.74) is 3.21. The Morgan fingerprint density at radius 2 is 2.04 bits per heavy atom. The molecule has 7 heteroatoms. The Balaban J connectivity index is 1.61. The number of hydrogen-bond acceptors (Lipinski definition) is 3. The molecule has 0 saturated heterocycles. The van der Waals surface area contributed by atoms with Gasteiger partial charge in [0, 0.05) is 29.3 Å². The molecule has 0 spiro atoms. The molecule has 1 N–H and O–H groups in total. The second-order valence-electron chi connectivity index (χ2n) is 7.86. The van der Waals surface area contributed by atoms with Gasteiger partial charge in [0.1, 0.15) is 11.6 Å². The van der Waals surface area contributed by atoms with Crippen molar-refractivity contribution < 1.29 is 4.39 Å². The Labute approximate surface area is 173 Å². The van der Waals surface area contributed by atoms with E-state index in [2.05, 4.69) is 19.9 Å². The fourth-order valence-electron chi connectivity index (χ4n) is 4.93. The van der Waals surface area contributed by atoms with E-state index in [-0.39, 0.29) is 22.2 Å². The van der Waals surface area contributed by atoms with Crippen LogP contribution in [0.25, 0.3) is 10.9 Å². The molecule has 2 aromatic heterocycles. The number of nitrogens with one attached hydrogen (secondary N) is 1. The van der Waals surface area contributed by atoms with Gasteiger partial charge in [0.15, 0.2) is 0 Å². The van der Waals surface area contributed by atoms with Crippen molar-refractivity contribution in [2.45, 2.75) is 44.6 Å². The molecule has 4 nitrogen and oxygen atoms in total. The van der Waals surface area contributed by atoms with Gasteiger partial charge in [-0.1, -0.05) is 37.3 Å². The van der Waals surface area contributed by atoms with Crippen molar-refractivity contribution in [2.24, 2.45) is 5.92 Å². The van der Waals surface area contributed by atoms with E-state index < -0.39 is 0 Å². The molecule has 1 saturated carbocycles. The third-order valence-corrected chi connectivity index (χ3v) is 6.70. The van der Waals surface area contributed by atoms with Crippen molar-refractivity contribution in [3.05, 3.63) is 51.8 Å². The number of fused-ring (bicyclic) bond motifs is 3. The first-order valence-corrected chi connectivity index (χ1v) is 10.6. The Morgan fingerprint density at radius 1 is 1.21 bits per heavy atom. The number of aromatic nitrogens is 3. The zero-order valence-electron chi connectivity index (χ0n) is 15.4. The van der Waals surface area contributed by atoms with E-state index in [1.165, 1.54) is 37.3 Å². The molecular weight excluding hydrogens is 398 g/mol. The van der Waals surface area contributed by atoms with E-state index in [1.807, 2.05) is 6.07 Å². The largest absolute Gasteiger partial charge is 0.356 e. The van der Waals surface area contributed by atoms with Crippen molar-refractivity contribution in [3.63, 3.8) is 0 Å². The Kier molecular flexibility index (Phi) is 4.68. The summed E-state index contributed by atoms with van der Waals surface area (Å²) in [4.78, 5) is 14.3. The molecule has 3 aromatic rings. The molecule has 28 heavy (non-hydrogen) atoms. The third-order valence-electron chi connectivity index (χ3n) is 6.23. The molecule has 3 heterocycles. The standard InChI is InChI=1S/C21H21Cl2FN4/c22-15-10-14-13-6-8-28(19-5-7-25-21(23)27-19)18(9-12-3-1-2-4-12)20(13)26-17(14)11-16(15)24/h5,7,10-12,18,26H,1-4,6,8-9H2. The van der Waals surface area contributed by atoms with Crippen LogP contribution in [0.2, 0.25) is 10.3 Å². The summed E-state index contributed by atoms with van der Waals surface area (Å²) in [5.74, 6) is 1.15.